The van der Waals surface area contributed by atoms with Crippen LogP contribution in [0.15, 0.2) is 82.9 Å². The normalized spacial score (nSPS) is 24.8. The summed E-state index contributed by atoms with van der Waals surface area (Å²) in [6.07, 6.45) is 1.75. The van der Waals surface area contributed by atoms with Gasteiger partial charge >= 0.3 is 5.97 Å². The Hall–Kier alpha value is -4.46. The van der Waals surface area contributed by atoms with Crippen molar-refractivity contribution in [3.63, 3.8) is 0 Å². The molecule has 3 aromatic rings. The fourth-order valence-electron chi connectivity index (χ4n) is 6.13. The first-order chi connectivity index (χ1) is 19.2. The zero-order chi connectivity index (χ0) is 28.2. The van der Waals surface area contributed by atoms with Crippen LogP contribution in [0.1, 0.15) is 55.0 Å². The van der Waals surface area contributed by atoms with Gasteiger partial charge in [0.25, 0.3) is 0 Å². The molecule has 3 aliphatic rings. The summed E-state index contributed by atoms with van der Waals surface area (Å²) in [5.41, 5.74) is 0.901. The van der Waals surface area contributed by atoms with E-state index in [1.807, 2.05) is 87.5 Å². The number of methoxy groups -OCH3 is 2. The highest BCUT2D eigenvalue weighted by molar-refractivity contribution is 6.10. The van der Waals surface area contributed by atoms with Gasteiger partial charge in [0.05, 0.1) is 26.4 Å². The van der Waals surface area contributed by atoms with Gasteiger partial charge in [-0.1, -0.05) is 69.3 Å². The smallest absolute Gasteiger partial charge is 0.344 e. The molecule has 0 radical (unpaired) electrons. The summed E-state index contributed by atoms with van der Waals surface area (Å²) in [7, 11) is 3.13. The number of aliphatic imine (C=N–C) groups is 1. The second-order valence-corrected chi connectivity index (χ2v) is 11.3. The lowest BCUT2D eigenvalue weighted by Gasteiger charge is -2.35. The molecule has 204 valence electrons. The summed E-state index contributed by atoms with van der Waals surface area (Å²) in [5, 5.41) is 6.58. The number of Topliss-reactive ketones (excluding diaryl/α,β-unsaturated/α-hetero) is 1. The van der Waals surface area contributed by atoms with Crippen molar-refractivity contribution in [3.05, 3.63) is 95.1 Å². The fraction of sp³-hybridized carbons (Fsp3) is 0.312. The van der Waals surface area contributed by atoms with E-state index in [9.17, 15) is 9.59 Å². The zero-order valence-electron chi connectivity index (χ0n) is 23.1. The van der Waals surface area contributed by atoms with Crippen molar-refractivity contribution < 1.29 is 23.8 Å². The molecule has 8 heteroatoms. The molecule has 0 aromatic heterocycles. The summed E-state index contributed by atoms with van der Waals surface area (Å²) >= 11 is 0. The zero-order valence-corrected chi connectivity index (χ0v) is 23.1. The van der Waals surface area contributed by atoms with Crippen molar-refractivity contribution in [1.29, 1.82) is 0 Å². The largest absolute Gasteiger partial charge is 0.493 e. The van der Waals surface area contributed by atoms with E-state index in [0.29, 0.717) is 22.6 Å². The summed E-state index contributed by atoms with van der Waals surface area (Å²) in [6, 6.07) is 21.1. The van der Waals surface area contributed by atoms with Crippen LogP contribution in [0.4, 0.5) is 0 Å². The lowest BCUT2D eigenvalue weighted by Crippen LogP contribution is -2.45. The maximum absolute atomic E-state index is 14.3. The molecule has 4 atom stereocenters. The third-order valence-electron chi connectivity index (χ3n) is 7.98. The first-order valence-corrected chi connectivity index (χ1v) is 13.3. The van der Waals surface area contributed by atoms with Gasteiger partial charge < -0.3 is 14.2 Å². The SMILES string of the molecule is COc1ccc([C@@H]2[C@H](C(=O)C(C)(C)C)N3N=Cc4ccccc4[C@@H]3[C@]23N=C(c2ccccc2)OC3=O)cc1OC. The highest BCUT2D eigenvalue weighted by Gasteiger charge is 2.71. The molecule has 6 rings (SSSR count). The average molecular weight is 538 g/mol. The van der Waals surface area contributed by atoms with E-state index in [1.54, 1.807) is 31.5 Å². The van der Waals surface area contributed by atoms with Gasteiger partial charge in [-0.3, -0.25) is 9.80 Å². The summed E-state index contributed by atoms with van der Waals surface area (Å²) < 4.78 is 17.1. The maximum Gasteiger partial charge on any atom is 0.344 e. The minimum absolute atomic E-state index is 0.0538. The van der Waals surface area contributed by atoms with Gasteiger partial charge in [-0.2, -0.15) is 5.10 Å². The molecule has 8 nitrogen and oxygen atoms in total. The Morgan fingerprint density at radius 1 is 0.950 bits per heavy atom. The number of hydrogen-bond donors (Lipinski definition) is 0. The minimum atomic E-state index is -1.50. The van der Waals surface area contributed by atoms with E-state index in [-0.39, 0.29) is 11.7 Å². The van der Waals surface area contributed by atoms with Crippen LogP contribution in [0.3, 0.4) is 0 Å². The number of carbonyl (C=O) groups is 2. The molecule has 0 saturated carbocycles. The van der Waals surface area contributed by atoms with Crippen LogP contribution in [0.5, 0.6) is 11.5 Å². The second kappa shape index (κ2) is 9.33. The molecule has 0 unspecified atom stereocenters. The number of ether oxygens (including phenoxy) is 3. The number of fused-ring (bicyclic) bond motifs is 4. The Kier molecular flexibility index (Phi) is 6.02. The van der Waals surface area contributed by atoms with Crippen molar-refractivity contribution >= 4 is 23.9 Å². The van der Waals surface area contributed by atoms with Crippen molar-refractivity contribution in [1.82, 2.24) is 5.01 Å². The number of hydrazone groups is 1. The highest BCUT2D eigenvalue weighted by Crippen LogP contribution is 2.59. The number of hydrogen-bond acceptors (Lipinski definition) is 8. The van der Waals surface area contributed by atoms with Crippen LogP contribution in [0.25, 0.3) is 0 Å². The monoisotopic (exact) mass is 537 g/mol. The third kappa shape index (κ3) is 3.73. The lowest BCUT2D eigenvalue weighted by molar-refractivity contribution is -0.140. The Morgan fingerprint density at radius 2 is 1.65 bits per heavy atom. The minimum Gasteiger partial charge on any atom is -0.493 e. The van der Waals surface area contributed by atoms with Crippen LogP contribution >= 0.6 is 0 Å². The van der Waals surface area contributed by atoms with Gasteiger partial charge in [0.15, 0.2) is 22.8 Å². The van der Waals surface area contributed by atoms with Crippen molar-refractivity contribution in [3.8, 4) is 11.5 Å². The Balaban J connectivity index is 1.67. The predicted octanol–water partition coefficient (Wildman–Crippen LogP) is 4.92. The molecule has 0 N–H and O–H groups in total. The Labute approximate surface area is 233 Å². The van der Waals surface area contributed by atoms with Crippen LogP contribution in [0.2, 0.25) is 0 Å². The molecule has 1 fully saturated rings. The first kappa shape index (κ1) is 25.8. The first-order valence-electron chi connectivity index (χ1n) is 13.3. The average Bonchev–Trinajstić information content (AvgIpc) is 3.46. The number of ketones is 1. The second-order valence-electron chi connectivity index (χ2n) is 11.3. The molecular weight excluding hydrogens is 506 g/mol. The van der Waals surface area contributed by atoms with Gasteiger partial charge in [-0.25, -0.2) is 9.79 Å². The van der Waals surface area contributed by atoms with Gasteiger partial charge in [-0.05, 0) is 41.0 Å². The summed E-state index contributed by atoms with van der Waals surface area (Å²) in [4.78, 5) is 33.8. The number of cyclic esters (lactones) is 1. The number of nitrogens with zero attached hydrogens (tertiary/aromatic N) is 3. The van der Waals surface area contributed by atoms with E-state index in [2.05, 4.69) is 0 Å². The summed E-state index contributed by atoms with van der Waals surface area (Å²) in [5.74, 6) is -0.0443. The molecule has 0 bridgehead atoms. The van der Waals surface area contributed by atoms with Crippen molar-refractivity contribution in [2.24, 2.45) is 15.5 Å². The topological polar surface area (TPSA) is 89.8 Å². The van der Waals surface area contributed by atoms with E-state index in [0.717, 1.165) is 11.1 Å². The van der Waals surface area contributed by atoms with Gasteiger partial charge in [0, 0.05) is 11.0 Å². The van der Waals surface area contributed by atoms with Gasteiger partial charge in [-0.15, -0.1) is 0 Å². The molecule has 40 heavy (non-hydrogen) atoms. The number of benzene rings is 3. The van der Waals surface area contributed by atoms with Crippen molar-refractivity contribution in [2.45, 2.75) is 44.3 Å². The number of carbonyl (C=O) groups excluding carboxylic acids is 2. The van der Waals surface area contributed by atoms with Crippen molar-refractivity contribution in [2.75, 3.05) is 14.2 Å². The quantitative estimate of drug-likeness (QED) is 0.430. The van der Waals surface area contributed by atoms with Crippen LogP contribution in [0, 0.1) is 5.41 Å². The lowest BCUT2D eigenvalue weighted by atomic mass is 9.70. The standard InChI is InChI=1S/C32H31N3O5/c1-31(2,3)28(36)26-25(20-15-16-23(38-4)24(17-20)39-5)32(27-22-14-10-9-13-21(22)18-33-35(26)27)30(37)40-29(34-32)19-11-7-6-8-12-19/h6-18,25-27H,1-5H3/t25-,26-,27-,32-/m1/s1. The fourth-order valence-corrected chi connectivity index (χ4v) is 6.13. The summed E-state index contributed by atoms with van der Waals surface area (Å²) in [6.45, 7) is 5.65. The molecule has 0 amide bonds. The Bertz CT molecular complexity index is 1560. The number of rotatable bonds is 5. The Morgan fingerprint density at radius 3 is 2.35 bits per heavy atom. The molecule has 3 heterocycles. The molecule has 3 aromatic carbocycles. The van der Waals surface area contributed by atoms with Crippen LogP contribution in [-0.4, -0.2) is 54.7 Å². The van der Waals surface area contributed by atoms with Crippen LogP contribution in [-0.2, 0) is 14.3 Å². The molecule has 3 aliphatic heterocycles. The molecule has 0 aliphatic carbocycles. The van der Waals surface area contributed by atoms with Crippen LogP contribution < -0.4 is 9.47 Å². The highest BCUT2D eigenvalue weighted by atomic mass is 16.6. The third-order valence-corrected chi connectivity index (χ3v) is 7.98. The van der Waals surface area contributed by atoms with Gasteiger partial charge in [0.1, 0.15) is 12.1 Å². The molecule has 1 saturated heterocycles. The maximum atomic E-state index is 14.3. The predicted molar refractivity (Wildman–Crippen MR) is 151 cm³/mol. The molecular formula is C32H31N3O5. The number of esters is 1. The van der Waals surface area contributed by atoms with E-state index >= 15 is 0 Å². The van der Waals surface area contributed by atoms with E-state index in [1.165, 1.54) is 0 Å². The molecule has 1 spiro atoms. The van der Waals surface area contributed by atoms with Gasteiger partial charge in [0.2, 0.25) is 5.90 Å². The van der Waals surface area contributed by atoms with E-state index < -0.39 is 34.9 Å². The van der Waals surface area contributed by atoms with E-state index in [4.69, 9.17) is 24.3 Å².